The van der Waals surface area contributed by atoms with Crippen LogP contribution in [0, 0.1) is 5.82 Å². The Kier molecular flexibility index (Phi) is 6.06. The van der Waals surface area contributed by atoms with Crippen LogP contribution in [-0.4, -0.2) is 42.3 Å². The van der Waals surface area contributed by atoms with Gasteiger partial charge in [0.05, 0.1) is 40.1 Å². The molecule has 9 rings (SSSR count). The fourth-order valence-electron chi connectivity index (χ4n) is 7.70. The van der Waals surface area contributed by atoms with Crippen LogP contribution in [0.2, 0.25) is 0 Å². The summed E-state index contributed by atoms with van der Waals surface area (Å²) in [6.45, 7) is 0.676. The summed E-state index contributed by atoms with van der Waals surface area (Å²) >= 11 is 0. The maximum absolute atomic E-state index is 14.1. The molecular formula is C36H29FN6O3. The molecule has 1 fully saturated rings. The van der Waals surface area contributed by atoms with Crippen LogP contribution in [0.5, 0.6) is 0 Å². The molecule has 46 heavy (non-hydrogen) atoms. The van der Waals surface area contributed by atoms with E-state index in [0.717, 1.165) is 53.4 Å². The summed E-state index contributed by atoms with van der Waals surface area (Å²) in [5.74, 6) is -0.817. The van der Waals surface area contributed by atoms with E-state index in [1.165, 1.54) is 23.3 Å². The van der Waals surface area contributed by atoms with Gasteiger partial charge in [-0.1, -0.05) is 47.6 Å². The number of halogens is 1. The number of aromatic nitrogens is 5. The minimum atomic E-state index is -0.688. The fraction of sp³-hybridized carbons (Fsp3) is 0.250. The number of rotatable bonds is 6. The summed E-state index contributed by atoms with van der Waals surface area (Å²) in [7, 11) is 0. The van der Waals surface area contributed by atoms with Gasteiger partial charge in [0.2, 0.25) is 0 Å². The topological polar surface area (TPSA) is 110 Å². The second-order valence-corrected chi connectivity index (χ2v) is 12.4. The fourth-order valence-corrected chi connectivity index (χ4v) is 7.70. The number of hydrogen-bond acceptors (Lipinski definition) is 6. The number of carbonyl (C=O) groups is 1. The second kappa shape index (κ2) is 10.3. The zero-order chi connectivity index (χ0) is 30.9. The molecule has 3 aromatic carbocycles. The monoisotopic (exact) mass is 612 g/mol. The molecule has 0 saturated carbocycles. The van der Waals surface area contributed by atoms with E-state index in [-0.39, 0.29) is 29.6 Å². The van der Waals surface area contributed by atoms with Crippen LogP contribution in [0.1, 0.15) is 69.8 Å². The van der Waals surface area contributed by atoms with Crippen molar-refractivity contribution in [1.82, 2.24) is 29.8 Å². The van der Waals surface area contributed by atoms with Gasteiger partial charge < -0.3 is 4.90 Å². The lowest BCUT2D eigenvalue weighted by Gasteiger charge is -2.17. The van der Waals surface area contributed by atoms with Gasteiger partial charge in [0.25, 0.3) is 5.91 Å². The van der Waals surface area contributed by atoms with Crippen LogP contribution < -0.4 is 5.76 Å². The lowest BCUT2D eigenvalue weighted by atomic mass is 9.89. The molecule has 0 radical (unpaired) electrons. The summed E-state index contributed by atoms with van der Waals surface area (Å²) in [4.78, 5) is 36.1. The lowest BCUT2D eigenvalue weighted by Crippen LogP contribution is -2.23. The molecule has 228 valence electrons. The van der Waals surface area contributed by atoms with E-state index in [4.69, 9.17) is 14.6 Å². The third-order valence-electron chi connectivity index (χ3n) is 9.82. The SMILES string of the molecule is O=C1c2c(nc(CCc3ccc(F)cc3)c(-c3noc(=O)[nH]3)c2-c2ccc3nn(C4CCc5ccccc54)cc3c2)C2CCCN12. The molecule has 0 bridgehead atoms. The number of fused-ring (bicyclic) bond motifs is 5. The summed E-state index contributed by atoms with van der Waals surface area (Å²) in [5.41, 5.74) is 8.54. The summed E-state index contributed by atoms with van der Waals surface area (Å²) < 4.78 is 20.7. The Labute approximate surface area is 262 Å². The van der Waals surface area contributed by atoms with Crippen molar-refractivity contribution in [1.29, 1.82) is 0 Å². The number of carbonyl (C=O) groups excluding carboxylic acids is 1. The number of nitrogens with one attached hydrogen (secondary N) is 1. The van der Waals surface area contributed by atoms with E-state index < -0.39 is 5.76 Å². The van der Waals surface area contributed by atoms with Crippen LogP contribution >= 0.6 is 0 Å². The number of aromatic amines is 1. The lowest BCUT2D eigenvalue weighted by molar-refractivity contribution is 0.0776. The summed E-state index contributed by atoms with van der Waals surface area (Å²) in [6, 6.07) is 21.1. The number of pyridine rings is 1. The van der Waals surface area contributed by atoms with Crippen molar-refractivity contribution in [2.45, 2.75) is 50.6 Å². The number of amides is 1. The van der Waals surface area contributed by atoms with E-state index in [1.54, 1.807) is 12.1 Å². The van der Waals surface area contributed by atoms with Crippen molar-refractivity contribution in [3.8, 4) is 22.5 Å². The van der Waals surface area contributed by atoms with Gasteiger partial charge in [0.15, 0.2) is 5.82 Å². The zero-order valence-corrected chi connectivity index (χ0v) is 24.9. The Morgan fingerprint density at radius 1 is 0.935 bits per heavy atom. The molecule has 0 spiro atoms. The Bertz CT molecular complexity index is 2230. The van der Waals surface area contributed by atoms with Gasteiger partial charge in [-0.2, -0.15) is 5.10 Å². The van der Waals surface area contributed by atoms with Gasteiger partial charge in [0, 0.05) is 23.7 Å². The average Bonchev–Trinajstić information content (AvgIpc) is 3.90. The molecule has 1 aliphatic carbocycles. The van der Waals surface area contributed by atoms with Crippen LogP contribution in [-0.2, 0) is 19.3 Å². The second-order valence-electron chi connectivity index (χ2n) is 12.4. The maximum atomic E-state index is 14.1. The van der Waals surface area contributed by atoms with E-state index in [0.29, 0.717) is 41.8 Å². The molecule has 10 heteroatoms. The molecule has 2 atom stereocenters. The first-order valence-electron chi connectivity index (χ1n) is 15.8. The van der Waals surface area contributed by atoms with E-state index in [2.05, 4.69) is 51.4 Å². The third kappa shape index (κ3) is 4.23. The highest BCUT2D eigenvalue weighted by Crippen LogP contribution is 2.48. The maximum Gasteiger partial charge on any atom is 0.439 e. The average molecular weight is 613 g/mol. The van der Waals surface area contributed by atoms with Crippen LogP contribution in [0.25, 0.3) is 33.4 Å². The molecule has 5 heterocycles. The molecule has 3 aliphatic rings. The van der Waals surface area contributed by atoms with Crippen molar-refractivity contribution in [3.05, 3.63) is 123 Å². The molecule has 1 amide bonds. The quantitative estimate of drug-likeness (QED) is 0.240. The van der Waals surface area contributed by atoms with Gasteiger partial charge in [-0.3, -0.25) is 24.0 Å². The normalized spacial score (nSPS) is 18.4. The number of hydrogen-bond donors (Lipinski definition) is 1. The van der Waals surface area contributed by atoms with Crippen molar-refractivity contribution in [3.63, 3.8) is 0 Å². The minimum Gasteiger partial charge on any atom is -0.330 e. The van der Waals surface area contributed by atoms with Gasteiger partial charge in [0.1, 0.15) is 5.82 Å². The number of nitrogens with zero attached hydrogens (tertiary/aromatic N) is 5. The van der Waals surface area contributed by atoms with Gasteiger partial charge in [-0.05, 0) is 85.0 Å². The van der Waals surface area contributed by atoms with Crippen molar-refractivity contribution < 1.29 is 13.7 Å². The highest BCUT2D eigenvalue weighted by Gasteiger charge is 2.44. The first-order chi connectivity index (χ1) is 22.5. The van der Waals surface area contributed by atoms with Crippen molar-refractivity contribution >= 4 is 16.8 Å². The Morgan fingerprint density at radius 2 is 1.80 bits per heavy atom. The van der Waals surface area contributed by atoms with E-state index in [1.807, 2.05) is 17.0 Å². The van der Waals surface area contributed by atoms with Gasteiger partial charge >= 0.3 is 5.76 Å². The Morgan fingerprint density at radius 3 is 2.65 bits per heavy atom. The largest absolute Gasteiger partial charge is 0.439 e. The first kappa shape index (κ1) is 27.0. The smallest absolute Gasteiger partial charge is 0.330 e. The summed E-state index contributed by atoms with van der Waals surface area (Å²) in [6.07, 6.45) is 6.93. The molecule has 3 aromatic heterocycles. The van der Waals surface area contributed by atoms with Crippen LogP contribution in [0.4, 0.5) is 4.39 Å². The third-order valence-corrected chi connectivity index (χ3v) is 9.82. The molecule has 1 N–H and O–H groups in total. The molecule has 2 unspecified atom stereocenters. The summed E-state index contributed by atoms with van der Waals surface area (Å²) in [5, 5.41) is 10.00. The number of benzene rings is 3. The molecule has 6 aromatic rings. The molecule has 2 aliphatic heterocycles. The van der Waals surface area contributed by atoms with Crippen LogP contribution in [0.3, 0.4) is 0 Å². The predicted octanol–water partition coefficient (Wildman–Crippen LogP) is 6.19. The molecule has 9 nitrogen and oxygen atoms in total. The standard InChI is InChI=1S/C36H29FN6O3/c37-24-12-7-20(8-13-24)9-14-27-31(34-39-36(45)46-41-34)30(32-33(38-27)29-6-3-17-42(29)35(32)44)22-10-15-26-23(18-22)19-43(40-26)28-16-11-21-4-1-2-5-25(21)28/h1-2,4-5,7-8,10,12-13,15,18-19,28-29H,3,6,9,11,14,16-17H2,(H,39,41,45). The van der Waals surface area contributed by atoms with E-state index in [9.17, 15) is 14.0 Å². The van der Waals surface area contributed by atoms with Crippen molar-refractivity contribution in [2.75, 3.05) is 6.54 Å². The number of H-pyrrole nitrogens is 1. The minimum absolute atomic E-state index is 0.0597. The molecular weight excluding hydrogens is 583 g/mol. The number of aryl methyl sites for hydroxylation is 3. The molecule has 1 saturated heterocycles. The highest BCUT2D eigenvalue weighted by molar-refractivity contribution is 6.08. The first-order valence-corrected chi connectivity index (χ1v) is 15.8. The van der Waals surface area contributed by atoms with E-state index >= 15 is 0 Å². The van der Waals surface area contributed by atoms with Crippen molar-refractivity contribution in [2.24, 2.45) is 0 Å². The predicted molar refractivity (Wildman–Crippen MR) is 169 cm³/mol. The highest BCUT2D eigenvalue weighted by atomic mass is 19.1. The van der Waals surface area contributed by atoms with Gasteiger partial charge in [-0.15, -0.1) is 0 Å². The van der Waals surface area contributed by atoms with Gasteiger partial charge in [-0.25, -0.2) is 9.18 Å². The Balaban J connectivity index is 1.23. The van der Waals surface area contributed by atoms with Crippen LogP contribution in [0.15, 0.2) is 82.2 Å². The Hall–Kier alpha value is -5.38. The zero-order valence-electron chi connectivity index (χ0n) is 24.9.